The summed E-state index contributed by atoms with van der Waals surface area (Å²) in [5.41, 5.74) is 3.66. The topological polar surface area (TPSA) is 29.5 Å². The summed E-state index contributed by atoms with van der Waals surface area (Å²) in [5, 5.41) is 9.96. The van der Waals surface area contributed by atoms with Crippen molar-refractivity contribution in [2.24, 2.45) is 0 Å². The molecule has 0 fully saturated rings. The van der Waals surface area contributed by atoms with E-state index in [9.17, 15) is 5.11 Å². The number of phenols is 1. The first kappa shape index (κ1) is 14.0. The van der Waals surface area contributed by atoms with Crippen LogP contribution in [0.2, 0.25) is 0 Å². The fourth-order valence-electron chi connectivity index (χ4n) is 2.98. The zero-order valence-corrected chi connectivity index (χ0v) is 12.7. The third-order valence-corrected chi connectivity index (χ3v) is 4.18. The van der Waals surface area contributed by atoms with Crippen molar-refractivity contribution in [2.75, 3.05) is 0 Å². The highest BCUT2D eigenvalue weighted by Crippen LogP contribution is 2.38. The van der Waals surface area contributed by atoms with Gasteiger partial charge in [-0.05, 0) is 62.3 Å². The van der Waals surface area contributed by atoms with Crippen molar-refractivity contribution in [3.8, 4) is 11.5 Å². The summed E-state index contributed by atoms with van der Waals surface area (Å²) in [6.07, 6.45) is 3.96. The van der Waals surface area contributed by atoms with Crippen LogP contribution in [0.1, 0.15) is 37.0 Å². The highest BCUT2D eigenvalue weighted by atomic mass is 16.5. The van der Waals surface area contributed by atoms with Gasteiger partial charge >= 0.3 is 0 Å². The maximum absolute atomic E-state index is 9.96. The van der Waals surface area contributed by atoms with Gasteiger partial charge < -0.3 is 9.84 Å². The summed E-state index contributed by atoms with van der Waals surface area (Å²) in [6.45, 7) is 4.20. The highest BCUT2D eigenvalue weighted by molar-refractivity contribution is 5.48. The molecule has 0 atom stereocenters. The lowest BCUT2D eigenvalue weighted by Gasteiger charge is -2.33. The van der Waals surface area contributed by atoms with Gasteiger partial charge in [0.25, 0.3) is 0 Å². The molecule has 1 N–H and O–H groups in total. The smallest absolute Gasteiger partial charge is 0.127 e. The number of phenolic OH excluding ortho intramolecular Hbond substituents is 1. The number of hydrogen-bond acceptors (Lipinski definition) is 2. The van der Waals surface area contributed by atoms with E-state index in [1.165, 1.54) is 16.7 Å². The predicted molar refractivity (Wildman–Crippen MR) is 85.0 cm³/mol. The number of ether oxygens (including phenoxy) is 1. The van der Waals surface area contributed by atoms with Gasteiger partial charge in [-0.1, -0.05) is 30.3 Å². The number of benzene rings is 2. The molecule has 0 aliphatic carbocycles. The number of fused-ring (bicyclic) bond motifs is 1. The summed E-state index contributed by atoms with van der Waals surface area (Å²) in [4.78, 5) is 0. The predicted octanol–water partition coefficient (Wildman–Crippen LogP) is 4.28. The SMILES string of the molecule is CC1(C)CCc2c(CCc3ccccc3)cc(O)cc2O1. The van der Waals surface area contributed by atoms with Crippen molar-refractivity contribution in [2.45, 2.75) is 45.1 Å². The molecule has 1 aliphatic heterocycles. The summed E-state index contributed by atoms with van der Waals surface area (Å²) < 4.78 is 6.03. The Morgan fingerprint density at radius 2 is 1.86 bits per heavy atom. The Balaban J connectivity index is 1.84. The highest BCUT2D eigenvalue weighted by Gasteiger charge is 2.28. The van der Waals surface area contributed by atoms with Crippen molar-refractivity contribution in [1.82, 2.24) is 0 Å². The third kappa shape index (κ3) is 3.21. The molecule has 0 spiro atoms. The number of rotatable bonds is 3. The second-order valence-electron chi connectivity index (χ2n) is 6.43. The molecular formula is C19H22O2. The van der Waals surface area contributed by atoms with Crippen molar-refractivity contribution in [3.63, 3.8) is 0 Å². The molecule has 1 heterocycles. The Morgan fingerprint density at radius 3 is 2.62 bits per heavy atom. The van der Waals surface area contributed by atoms with Gasteiger partial charge in [0, 0.05) is 6.07 Å². The van der Waals surface area contributed by atoms with E-state index in [1.54, 1.807) is 6.07 Å². The quantitative estimate of drug-likeness (QED) is 0.910. The molecule has 0 amide bonds. The Morgan fingerprint density at radius 1 is 1.10 bits per heavy atom. The van der Waals surface area contributed by atoms with Crippen LogP contribution in [0.25, 0.3) is 0 Å². The summed E-state index contributed by atoms with van der Waals surface area (Å²) >= 11 is 0. The Hall–Kier alpha value is -1.96. The molecule has 2 aromatic rings. The van der Waals surface area contributed by atoms with E-state index >= 15 is 0 Å². The average Bonchev–Trinajstić information content (AvgIpc) is 2.44. The van der Waals surface area contributed by atoms with Crippen molar-refractivity contribution in [3.05, 3.63) is 59.2 Å². The van der Waals surface area contributed by atoms with Crippen LogP contribution in [0.15, 0.2) is 42.5 Å². The molecule has 0 radical (unpaired) electrons. The summed E-state index contributed by atoms with van der Waals surface area (Å²) in [5.74, 6) is 1.16. The van der Waals surface area contributed by atoms with Crippen molar-refractivity contribution in [1.29, 1.82) is 0 Å². The summed E-state index contributed by atoms with van der Waals surface area (Å²) in [6, 6.07) is 14.1. The zero-order valence-electron chi connectivity index (χ0n) is 12.7. The molecule has 1 aliphatic rings. The fourth-order valence-corrected chi connectivity index (χ4v) is 2.98. The minimum Gasteiger partial charge on any atom is -0.508 e. The molecule has 2 aromatic carbocycles. The van der Waals surface area contributed by atoms with Gasteiger partial charge in [-0.2, -0.15) is 0 Å². The maximum Gasteiger partial charge on any atom is 0.127 e. The van der Waals surface area contributed by atoms with Crippen molar-refractivity contribution >= 4 is 0 Å². The molecule has 0 aromatic heterocycles. The van der Waals surface area contributed by atoms with E-state index in [-0.39, 0.29) is 5.60 Å². The van der Waals surface area contributed by atoms with Crippen LogP contribution in [0.3, 0.4) is 0 Å². The Kier molecular flexibility index (Phi) is 3.62. The first-order valence-electron chi connectivity index (χ1n) is 7.61. The Labute approximate surface area is 126 Å². The number of aryl methyl sites for hydroxylation is 2. The number of hydrogen-bond donors (Lipinski definition) is 1. The lowest BCUT2D eigenvalue weighted by molar-refractivity contribution is 0.0840. The first-order valence-corrected chi connectivity index (χ1v) is 7.61. The standard InChI is InChI=1S/C19H22O2/c1-19(2)11-10-17-15(12-16(20)13-18(17)21-19)9-8-14-6-4-3-5-7-14/h3-7,12-13,20H,8-11H2,1-2H3. The summed E-state index contributed by atoms with van der Waals surface area (Å²) in [7, 11) is 0. The van der Waals surface area contributed by atoms with E-state index in [0.717, 1.165) is 31.4 Å². The zero-order chi connectivity index (χ0) is 14.9. The Bertz CT molecular complexity index is 630. The second-order valence-corrected chi connectivity index (χ2v) is 6.43. The second kappa shape index (κ2) is 5.44. The van der Waals surface area contributed by atoms with Crippen LogP contribution < -0.4 is 4.74 Å². The van der Waals surface area contributed by atoms with Crippen LogP contribution in [0.4, 0.5) is 0 Å². The minimum absolute atomic E-state index is 0.141. The van der Waals surface area contributed by atoms with E-state index in [4.69, 9.17) is 4.74 Å². The lowest BCUT2D eigenvalue weighted by Crippen LogP contribution is -2.33. The molecule has 0 unspecified atom stereocenters. The van der Waals surface area contributed by atoms with Gasteiger partial charge in [0.15, 0.2) is 0 Å². The molecule has 0 saturated heterocycles. The molecule has 0 saturated carbocycles. The molecular weight excluding hydrogens is 260 g/mol. The lowest BCUT2D eigenvalue weighted by atomic mass is 9.89. The van der Waals surface area contributed by atoms with E-state index in [2.05, 4.69) is 38.1 Å². The monoisotopic (exact) mass is 282 g/mol. The average molecular weight is 282 g/mol. The normalized spacial score (nSPS) is 16.1. The van der Waals surface area contributed by atoms with Gasteiger partial charge in [-0.3, -0.25) is 0 Å². The molecule has 110 valence electrons. The van der Waals surface area contributed by atoms with Gasteiger partial charge in [0.05, 0.1) is 0 Å². The first-order chi connectivity index (χ1) is 10.0. The van der Waals surface area contributed by atoms with E-state index in [1.807, 2.05) is 12.1 Å². The van der Waals surface area contributed by atoms with Crippen molar-refractivity contribution < 1.29 is 9.84 Å². The minimum atomic E-state index is -0.141. The van der Waals surface area contributed by atoms with Crippen LogP contribution in [-0.4, -0.2) is 10.7 Å². The molecule has 3 rings (SSSR count). The van der Waals surface area contributed by atoms with Gasteiger partial charge in [-0.15, -0.1) is 0 Å². The van der Waals surface area contributed by atoms with Gasteiger partial charge in [0.2, 0.25) is 0 Å². The molecule has 0 bridgehead atoms. The molecule has 2 nitrogen and oxygen atoms in total. The molecule has 2 heteroatoms. The number of aromatic hydroxyl groups is 1. The van der Waals surface area contributed by atoms with Gasteiger partial charge in [0.1, 0.15) is 17.1 Å². The van der Waals surface area contributed by atoms with Crippen LogP contribution in [0, 0.1) is 0 Å². The van der Waals surface area contributed by atoms with Crippen LogP contribution in [0.5, 0.6) is 11.5 Å². The van der Waals surface area contributed by atoms with E-state index in [0.29, 0.717) is 5.75 Å². The van der Waals surface area contributed by atoms with Crippen LogP contribution in [-0.2, 0) is 19.3 Å². The fraction of sp³-hybridized carbons (Fsp3) is 0.368. The molecule has 21 heavy (non-hydrogen) atoms. The van der Waals surface area contributed by atoms with Gasteiger partial charge in [-0.25, -0.2) is 0 Å². The largest absolute Gasteiger partial charge is 0.508 e. The van der Waals surface area contributed by atoms with Crippen LogP contribution >= 0.6 is 0 Å². The maximum atomic E-state index is 9.96. The van der Waals surface area contributed by atoms with E-state index < -0.39 is 0 Å². The third-order valence-electron chi connectivity index (χ3n) is 4.18.